The van der Waals surface area contributed by atoms with Crippen LogP contribution in [0.5, 0.6) is 0 Å². The molecule has 24 heavy (non-hydrogen) atoms. The zero-order chi connectivity index (χ0) is 17.7. The van der Waals surface area contributed by atoms with E-state index in [1.807, 2.05) is 25.7 Å². The summed E-state index contributed by atoms with van der Waals surface area (Å²) in [5.41, 5.74) is 0.865. The van der Waals surface area contributed by atoms with Crippen LogP contribution in [0.2, 0.25) is 0 Å². The Morgan fingerprint density at radius 2 is 2.00 bits per heavy atom. The van der Waals surface area contributed by atoms with Gasteiger partial charge in [0.2, 0.25) is 0 Å². The number of nitrogens with zero attached hydrogens (tertiary/aromatic N) is 1. The Bertz CT molecular complexity index is 539. The lowest BCUT2D eigenvalue weighted by Gasteiger charge is -2.38. The van der Waals surface area contributed by atoms with Crippen molar-refractivity contribution in [3.8, 4) is 0 Å². The lowest BCUT2D eigenvalue weighted by atomic mass is 9.98. The first-order chi connectivity index (χ1) is 11.3. The second kappa shape index (κ2) is 8.26. The highest BCUT2D eigenvalue weighted by Gasteiger charge is 2.31. The first-order valence-corrected chi connectivity index (χ1v) is 9.87. The van der Waals surface area contributed by atoms with Gasteiger partial charge < -0.3 is 15.0 Å². The van der Waals surface area contributed by atoms with Gasteiger partial charge in [0.15, 0.2) is 0 Å². The predicted octanol–water partition coefficient (Wildman–Crippen LogP) is 4.29. The van der Waals surface area contributed by atoms with Gasteiger partial charge in [0.25, 0.3) is 0 Å². The van der Waals surface area contributed by atoms with Gasteiger partial charge in [0.05, 0.1) is 0 Å². The Morgan fingerprint density at radius 3 is 2.54 bits per heavy atom. The van der Waals surface area contributed by atoms with Crippen molar-refractivity contribution in [2.45, 2.75) is 69.7 Å². The van der Waals surface area contributed by atoms with E-state index in [9.17, 15) is 4.79 Å². The number of rotatable bonds is 4. The van der Waals surface area contributed by atoms with E-state index < -0.39 is 5.60 Å². The number of ether oxygens (including phenoxy) is 1. The molecule has 0 radical (unpaired) electrons. The number of likely N-dealkylation sites (tertiary alicyclic amines) is 1. The molecular weight excluding hydrogens is 320 g/mol. The van der Waals surface area contributed by atoms with Gasteiger partial charge in [-0.05, 0) is 64.5 Å². The maximum absolute atomic E-state index is 12.3. The summed E-state index contributed by atoms with van der Waals surface area (Å²) in [5.74, 6) is 0. The zero-order valence-corrected chi connectivity index (χ0v) is 16.3. The smallest absolute Gasteiger partial charge is 0.410 e. The maximum atomic E-state index is 12.3. The number of piperidine rings is 1. The third-order valence-corrected chi connectivity index (χ3v) is 5.00. The van der Waals surface area contributed by atoms with Gasteiger partial charge in [-0.25, -0.2) is 4.79 Å². The first-order valence-electron chi connectivity index (χ1n) is 8.64. The third-order valence-electron chi connectivity index (χ3n) is 4.26. The van der Waals surface area contributed by atoms with Crippen molar-refractivity contribution in [3.63, 3.8) is 0 Å². The first kappa shape index (κ1) is 19.1. The fraction of sp³-hybridized carbons (Fsp3) is 0.632. The van der Waals surface area contributed by atoms with Crippen molar-refractivity contribution in [1.29, 1.82) is 0 Å². The molecule has 1 saturated heterocycles. The van der Waals surface area contributed by atoms with Crippen molar-refractivity contribution >= 4 is 17.9 Å². The molecule has 1 heterocycles. The largest absolute Gasteiger partial charge is 0.444 e. The molecule has 1 aliphatic heterocycles. The van der Waals surface area contributed by atoms with E-state index in [4.69, 9.17) is 4.74 Å². The molecule has 5 heteroatoms. The molecule has 1 N–H and O–H groups in total. The van der Waals surface area contributed by atoms with Crippen molar-refractivity contribution in [2.24, 2.45) is 0 Å². The number of carbonyl (C=O) groups excluding carboxylic acids is 1. The van der Waals surface area contributed by atoms with E-state index in [2.05, 4.69) is 42.8 Å². The number of benzene rings is 1. The molecule has 0 saturated carbocycles. The summed E-state index contributed by atoms with van der Waals surface area (Å²) in [5, 5.41) is 3.63. The molecule has 2 atom stereocenters. The molecule has 2 rings (SSSR count). The Labute approximate surface area is 150 Å². The average Bonchev–Trinajstić information content (AvgIpc) is 2.51. The highest BCUT2D eigenvalue weighted by atomic mass is 32.2. The van der Waals surface area contributed by atoms with Crippen LogP contribution in [-0.4, -0.2) is 41.5 Å². The second-order valence-corrected chi connectivity index (χ2v) is 8.35. The van der Waals surface area contributed by atoms with Crippen molar-refractivity contribution in [3.05, 3.63) is 29.8 Å². The van der Waals surface area contributed by atoms with Crippen LogP contribution in [0.15, 0.2) is 29.2 Å². The normalized spacial score (nSPS) is 21.6. The SMILES string of the molecule is CSc1ccc(CNC2CCN(C(=O)OC(C)(C)C)C(C)C2)cc1. The van der Waals surface area contributed by atoms with Gasteiger partial charge >= 0.3 is 6.09 Å². The van der Waals surface area contributed by atoms with Gasteiger partial charge in [-0.15, -0.1) is 11.8 Å². The topological polar surface area (TPSA) is 41.6 Å². The summed E-state index contributed by atoms with van der Waals surface area (Å²) in [6, 6.07) is 9.32. The molecule has 0 spiro atoms. The van der Waals surface area contributed by atoms with Crippen LogP contribution in [0, 0.1) is 0 Å². The number of amides is 1. The van der Waals surface area contributed by atoms with Crippen LogP contribution in [0.25, 0.3) is 0 Å². The van der Waals surface area contributed by atoms with E-state index in [0.29, 0.717) is 6.04 Å². The van der Waals surface area contributed by atoms with Crippen LogP contribution >= 0.6 is 11.8 Å². The Morgan fingerprint density at radius 1 is 1.33 bits per heavy atom. The third kappa shape index (κ3) is 5.71. The average molecular weight is 351 g/mol. The lowest BCUT2D eigenvalue weighted by Crippen LogP contribution is -2.50. The monoisotopic (exact) mass is 350 g/mol. The summed E-state index contributed by atoms with van der Waals surface area (Å²) in [6.07, 6.45) is 3.82. The van der Waals surface area contributed by atoms with Crippen molar-refractivity contribution < 1.29 is 9.53 Å². The second-order valence-electron chi connectivity index (χ2n) is 7.47. The summed E-state index contributed by atoms with van der Waals surface area (Å²) in [4.78, 5) is 15.4. The summed E-state index contributed by atoms with van der Waals surface area (Å²) in [7, 11) is 0. The predicted molar refractivity (Wildman–Crippen MR) is 100 cm³/mol. The molecular formula is C19H30N2O2S. The van der Waals surface area contributed by atoms with E-state index >= 15 is 0 Å². The number of hydrogen-bond donors (Lipinski definition) is 1. The highest BCUT2D eigenvalue weighted by Crippen LogP contribution is 2.21. The van der Waals surface area contributed by atoms with E-state index in [-0.39, 0.29) is 12.1 Å². The molecule has 0 aliphatic carbocycles. The minimum absolute atomic E-state index is 0.193. The standard InChI is InChI=1S/C19H30N2O2S/c1-14-12-16(10-11-21(14)18(22)23-19(2,3)4)20-13-15-6-8-17(24-5)9-7-15/h6-9,14,16,20H,10-13H2,1-5H3. The van der Waals surface area contributed by atoms with E-state index in [1.54, 1.807) is 11.8 Å². The van der Waals surface area contributed by atoms with Crippen LogP contribution in [-0.2, 0) is 11.3 Å². The van der Waals surface area contributed by atoms with Crippen LogP contribution in [0.1, 0.15) is 46.1 Å². The fourth-order valence-electron chi connectivity index (χ4n) is 2.95. The minimum atomic E-state index is -0.436. The van der Waals surface area contributed by atoms with Gasteiger partial charge in [-0.1, -0.05) is 12.1 Å². The molecule has 0 aromatic heterocycles. The molecule has 1 fully saturated rings. The molecule has 134 valence electrons. The molecule has 1 amide bonds. The fourth-order valence-corrected chi connectivity index (χ4v) is 3.36. The van der Waals surface area contributed by atoms with Gasteiger partial charge in [0, 0.05) is 30.1 Å². The number of hydrogen-bond acceptors (Lipinski definition) is 4. The quantitative estimate of drug-likeness (QED) is 0.823. The van der Waals surface area contributed by atoms with Crippen LogP contribution in [0.3, 0.4) is 0 Å². The van der Waals surface area contributed by atoms with E-state index in [0.717, 1.165) is 25.9 Å². The number of nitrogens with one attached hydrogen (secondary N) is 1. The number of carbonyl (C=O) groups is 1. The maximum Gasteiger partial charge on any atom is 0.410 e. The van der Waals surface area contributed by atoms with Crippen LogP contribution in [0.4, 0.5) is 4.79 Å². The molecule has 1 aromatic rings. The Balaban J connectivity index is 1.81. The molecule has 4 nitrogen and oxygen atoms in total. The molecule has 1 aliphatic rings. The minimum Gasteiger partial charge on any atom is -0.444 e. The summed E-state index contributed by atoms with van der Waals surface area (Å²) >= 11 is 1.76. The number of thioether (sulfide) groups is 1. The lowest BCUT2D eigenvalue weighted by molar-refractivity contribution is 0.00932. The Hall–Kier alpha value is -1.20. The highest BCUT2D eigenvalue weighted by molar-refractivity contribution is 7.98. The molecule has 2 unspecified atom stereocenters. The summed E-state index contributed by atoms with van der Waals surface area (Å²) in [6.45, 7) is 9.45. The van der Waals surface area contributed by atoms with Gasteiger partial charge in [0.1, 0.15) is 5.60 Å². The van der Waals surface area contributed by atoms with Gasteiger partial charge in [-0.2, -0.15) is 0 Å². The zero-order valence-electron chi connectivity index (χ0n) is 15.5. The van der Waals surface area contributed by atoms with Crippen molar-refractivity contribution in [1.82, 2.24) is 10.2 Å². The van der Waals surface area contributed by atoms with Crippen molar-refractivity contribution in [2.75, 3.05) is 12.8 Å². The van der Waals surface area contributed by atoms with Gasteiger partial charge in [-0.3, -0.25) is 0 Å². The van der Waals surface area contributed by atoms with Crippen LogP contribution < -0.4 is 5.32 Å². The Kier molecular flexibility index (Phi) is 6.58. The molecule has 1 aromatic carbocycles. The van der Waals surface area contributed by atoms with E-state index in [1.165, 1.54) is 10.5 Å². The molecule has 0 bridgehead atoms. The summed E-state index contributed by atoms with van der Waals surface area (Å²) < 4.78 is 5.50.